The molecule has 0 bridgehead atoms. The predicted molar refractivity (Wildman–Crippen MR) is 144 cm³/mol. The summed E-state index contributed by atoms with van der Waals surface area (Å²) < 4.78 is 46.6. The fourth-order valence-electron chi connectivity index (χ4n) is 5.77. The number of rotatable bonds is 8. The van der Waals surface area contributed by atoms with Crippen molar-refractivity contribution < 1.29 is 32.3 Å². The maximum atomic E-state index is 13.8. The van der Waals surface area contributed by atoms with Gasteiger partial charge in [-0.3, -0.25) is 19.1 Å². The van der Waals surface area contributed by atoms with Gasteiger partial charge in [0.15, 0.2) is 0 Å². The van der Waals surface area contributed by atoms with Gasteiger partial charge in [0.1, 0.15) is 24.7 Å². The van der Waals surface area contributed by atoms with Gasteiger partial charge in [-0.15, -0.1) is 5.10 Å². The molecule has 1 aromatic heterocycles. The van der Waals surface area contributed by atoms with E-state index in [4.69, 9.17) is 4.74 Å². The van der Waals surface area contributed by atoms with Gasteiger partial charge in [-0.05, 0) is 28.2 Å². The number of fused-ring (bicyclic) bond motifs is 1. The molecular formula is C29H35F3N6O4. The normalized spacial score (nSPS) is 22.4. The molecule has 1 saturated carbocycles. The Labute approximate surface area is 242 Å². The first-order valence-electron chi connectivity index (χ1n) is 13.5. The Morgan fingerprint density at radius 1 is 1.17 bits per heavy atom. The fourth-order valence-corrected chi connectivity index (χ4v) is 5.77. The first-order chi connectivity index (χ1) is 19.5. The summed E-state index contributed by atoms with van der Waals surface area (Å²) in [6.45, 7) is 8.83. The minimum absolute atomic E-state index is 0.0696. The summed E-state index contributed by atoms with van der Waals surface area (Å²) in [6.07, 6.45) is -3.63. The number of nitriles is 1. The number of aryl methyl sites for hydroxylation is 1. The number of halogens is 3. The molecule has 3 amide bonds. The number of piperidine rings is 1. The second-order valence-electron chi connectivity index (χ2n) is 12.6. The second kappa shape index (κ2) is 11.0. The zero-order chi connectivity index (χ0) is 31.2. The smallest absolute Gasteiger partial charge is 0.471 e. The van der Waals surface area contributed by atoms with Gasteiger partial charge in [0.05, 0.1) is 11.6 Å². The molecule has 226 valence electrons. The molecule has 0 radical (unpaired) electrons. The molecule has 2 aromatic rings. The monoisotopic (exact) mass is 588 g/mol. The summed E-state index contributed by atoms with van der Waals surface area (Å²) in [7, 11) is 1.64. The Balaban J connectivity index is 1.57. The molecule has 13 heteroatoms. The summed E-state index contributed by atoms with van der Waals surface area (Å²) in [4.78, 5) is 40.6. The fraction of sp³-hybridized carbons (Fsp3) is 0.552. The molecule has 1 saturated heterocycles. The van der Waals surface area contributed by atoms with Gasteiger partial charge in [-0.1, -0.05) is 65.0 Å². The number of amides is 3. The van der Waals surface area contributed by atoms with E-state index in [0.717, 1.165) is 5.56 Å². The van der Waals surface area contributed by atoms with Crippen LogP contribution in [0.25, 0.3) is 0 Å². The standard InChI is InChI=1S/C29H35F3N6O4/c1-27(2,3)22(35-26(41)29(30,31)32)25(40)38-14-18-20(28(18,4)5)21(38)23(39)34-19(12-33)17-13-37(6)36-24(17)42-15-16-10-8-7-9-11-16/h7-11,13,18-22H,14-15H2,1-6H3,(H,34,39)(H,35,41)/t18-,19?,20-,21-,22+/m0/s1. The van der Waals surface area contributed by atoms with E-state index in [2.05, 4.69) is 16.5 Å². The molecule has 4 rings (SSSR count). The summed E-state index contributed by atoms with van der Waals surface area (Å²) in [5, 5.41) is 18.8. The zero-order valence-electron chi connectivity index (χ0n) is 24.3. The molecular weight excluding hydrogens is 553 g/mol. The van der Waals surface area contributed by atoms with Crippen LogP contribution in [0.4, 0.5) is 13.2 Å². The van der Waals surface area contributed by atoms with Crippen LogP contribution in [-0.4, -0.2) is 57.2 Å². The maximum absolute atomic E-state index is 13.8. The highest BCUT2D eigenvalue weighted by atomic mass is 19.4. The summed E-state index contributed by atoms with van der Waals surface area (Å²) in [6, 6.07) is 7.61. The van der Waals surface area contributed by atoms with Crippen LogP contribution in [0.5, 0.6) is 5.88 Å². The van der Waals surface area contributed by atoms with Crippen molar-refractivity contribution in [2.24, 2.45) is 29.7 Å². The van der Waals surface area contributed by atoms with E-state index < -0.39 is 47.4 Å². The lowest BCUT2D eigenvalue weighted by Gasteiger charge is -2.37. The van der Waals surface area contributed by atoms with Gasteiger partial charge in [-0.2, -0.15) is 18.4 Å². The molecule has 1 aliphatic carbocycles. The topological polar surface area (TPSA) is 129 Å². The van der Waals surface area contributed by atoms with Crippen molar-refractivity contribution in [3.8, 4) is 11.9 Å². The van der Waals surface area contributed by atoms with E-state index >= 15 is 0 Å². The number of nitrogens with zero attached hydrogens (tertiary/aromatic N) is 4. The van der Waals surface area contributed by atoms with Crippen molar-refractivity contribution in [1.29, 1.82) is 5.26 Å². The van der Waals surface area contributed by atoms with E-state index in [1.54, 1.807) is 13.2 Å². The Morgan fingerprint density at radius 3 is 2.38 bits per heavy atom. The highest BCUT2D eigenvalue weighted by Gasteiger charge is 2.70. The van der Waals surface area contributed by atoms with Crippen LogP contribution >= 0.6 is 0 Å². The van der Waals surface area contributed by atoms with E-state index in [1.165, 1.54) is 30.4 Å². The number of likely N-dealkylation sites (tertiary alicyclic amines) is 1. The van der Waals surface area contributed by atoms with Crippen LogP contribution in [0.3, 0.4) is 0 Å². The van der Waals surface area contributed by atoms with Crippen LogP contribution in [-0.2, 0) is 28.0 Å². The molecule has 2 aliphatic rings. The quantitative estimate of drug-likeness (QED) is 0.487. The third kappa shape index (κ3) is 6.07. The molecule has 2 N–H and O–H groups in total. The molecule has 2 fully saturated rings. The number of alkyl halides is 3. The molecule has 2 heterocycles. The minimum atomic E-state index is -5.18. The van der Waals surface area contributed by atoms with Gasteiger partial charge >= 0.3 is 12.1 Å². The first kappa shape index (κ1) is 30.9. The number of nitrogens with one attached hydrogen (secondary N) is 2. The van der Waals surface area contributed by atoms with Crippen LogP contribution in [0.2, 0.25) is 0 Å². The minimum Gasteiger partial charge on any atom is -0.471 e. The summed E-state index contributed by atoms with van der Waals surface area (Å²) in [5.41, 5.74) is -0.195. The number of aromatic nitrogens is 2. The van der Waals surface area contributed by atoms with Gasteiger partial charge in [0.2, 0.25) is 17.7 Å². The van der Waals surface area contributed by atoms with Crippen LogP contribution < -0.4 is 15.4 Å². The summed E-state index contributed by atoms with van der Waals surface area (Å²) >= 11 is 0. The van der Waals surface area contributed by atoms with Crippen molar-refractivity contribution in [1.82, 2.24) is 25.3 Å². The second-order valence-corrected chi connectivity index (χ2v) is 12.6. The molecule has 0 spiro atoms. The molecule has 1 aliphatic heterocycles. The number of ether oxygens (including phenoxy) is 1. The molecule has 10 nitrogen and oxygen atoms in total. The third-order valence-corrected chi connectivity index (χ3v) is 8.17. The number of hydrogen-bond donors (Lipinski definition) is 2. The van der Waals surface area contributed by atoms with Crippen molar-refractivity contribution in [3.05, 3.63) is 47.7 Å². The van der Waals surface area contributed by atoms with Gasteiger partial charge in [0, 0.05) is 19.8 Å². The number of carbonyl (C=O) groups is 3. The maximum Gasteiger partial charge on any atom is 0.471 e. The van der Waals surface area contributed by atoms with Crippen molar-refractivity contribution in [3.63, 3.8) is 0 Å². The van der Waals surface area contributed by atoms with E-state index in [0.29, 0.717) is 5.56 Å². The van der Waals surface area contributed by atoms with Crippen molar-refractivity contribution in [2.45, 2.75) is 65.5 Å². The molecule has 5 atom stereocenters. The third-order valence-electron chi connectivity index (χ3n) is 8.17. The SMILES string of the molecule is Cn1cc(C(C#N)NC(=O)[C@@H]2[C@@H]3[C@H](CN2C(=O)[C@@H](NC(=O)C(F)(F)F)C(C)(C)C)C3(C)C)c(OCc2ccccc2)n1. The Morgan fingerprint density at radius 2 is 1.81 bits per heavy atom. The van der Waals surface area contributed by atoms with E-state index in [9.17, 15) is 32.8 Å². The van der Waals surface area contributed by atoms with Crippen molar-refractivity contribution >= 4 is 17.7 Å². The average Bonchev–Trinajstić information content (AvgIpc) is 3.23. The first-order valence-corrected chi connectivity index (χ1v) is 13.5. The predicted octanol–water partition coefficient (Wildman–Crippen LogP) is 3.26. The molecule has 42 heavy (non-hydrogen) atoms. The number of carbonyl (C=O) groups excluding carboxylic acids is 3. The van der Waals surface area contributed by atoms with Crippen molar-refractivity contribution in [2.75, 3.05) is 6.54 Å². The Hall–Kier alpha value is -4.08. The highest BCUT2D eigenvalue weighted by Crippen LogP contribution is 2.65. The highest BCUT2D eigenvalue weighted by molar-refractivity contribution is 5.95. The largest absolute Gasteiger partial charge is 0.471 e. The van der Waals surface area contributed by atoms with Gasteiger partial charge in [0.25, 0.3) is 0 Å². The Kier molecular flexibility index (Phi) is 8.06. The van der Waals surface area contributed by atoms with Crippen LogP contribution in [0.15, 0.2) is 36.5 Å². The number of benzene rings is 1. The average molecular weight is 589 g/mol. The summed E-state index contributed by atoms with van der Waals surface area (Å²) in [5.74, 6) is -3.83. The van der Waals surface area contributed by atoms with E-state index in [-0.39, 0.29) is 36.3 Å². The van der Waals surface area contributed by atoms with Crippen LogP contribution in [0.1, 0.15) is 51.8 Å². The lowest BCUT2D eigenvalue weighted by molar-refractivity contribution is -0.176. The lowest BCUT2D eigenvalue weighted by Crippen LogP contribution is -2.60. The lowest BCUT2D eigenvalue weighted by atomic mass is 9.85. The Bertz CT molecular complexity index is 1390. The zero-order valence-corrected chi connectivity index (χ0v) is 24.3. The molecule has 1 unspecified atom stereocenters. The van der Waals surface area contributed by atoms with E-state index in [1.807, 2.05) is 49.5 Å². The van der Waals surface area contributed by atoms with Gasteiger partial charge < -0.3 is 20.3 Å². The number of hydrogen-bond acceptors (Lipinski definition) is 6. The van der Waals surface area contributed by atoms with Crippen LogP contribution in [0, 0.1) is 34.0 Å². The molecule has 1 aromatic carbocycles. The van der Waals surface area contributed by atoms with Gasteiger partial charge in [-0.25, -0.2) is 0 Å².